The van der Waals surface area contributed by atoms with Crippen LogP contribution in [0.25, 0.3) is 0 Å². The van der Waals surface area contributed by atoms with Crippen molar-refractivity contribution in [3.8, 4) is 0 Å². The van der Waals surface area contributed by atoms with Crippen LogP contribution in [0.3, 0.4) is 0 Å². The number of carbonyl (C=O) groups excluding carboxylic acids is 1. The van der Waals surface area contributed by atoms with Crippen LogP contribution in [0.1, 0.15) is 45.4 Å². The topological polar surface area (TPSA) is 35.6 Å². The van der Waals surface area contributed by atoms with E-state index in [1.165, 1.54) is 25.7 Å². The van der Waals surface area contributed by atoms with E-state index in [0.717, 1.165) is 45.6 Å². The lowest BCUT2D eigenvalue weighted by Crippen LogP contribution is -2.50. The third-order valence-corrected chi connectivity index (χ3v) is 4.13. The predicted octanol–water partition coefficient (Wildman–Crippen LogP) is 2.06. The van der Waals surface area contributed by atoms with Crippen molar-refractivity contribution in [3.05, 3.63) is 0 Å². The first-order valence-corrected chi connectivity index (χ1v) is 7.58. The van der Waals surface area contributed by atoms with Crippen molar-refractivity contribution in [1.29, 1.82) is 0 Å². The summed E-state index contributed by atoms with van der Waals surface area (Å²) in [6, 6.07) is 0.898. The summed E-state index contributed by atoms with van der Waals surface area (Å²) in [7, 11) is 0. The minimum absolute atomic E-state index is 0.284. The van der Waals surface area contributed by atoms with E-state index < -0.39 is 0 Å². The molecule has 2 rings (SSSR count). The van der Waals surface area contributed by atoms with Crippen molar-refractivity contribution in [2.45, 2.75) is 51.5 Å². The minimum atomic E-state index is 0.284. The molecule has 0 aromatic heterocycles. The number of hydrogen-bond donors (Lipinski definition) is 1. The molecule has 4 heteroatoms. The summed E-state index contributed by atoms with van der Waals surface area (Å²) < 4.78 is 0. The molecule has 2 aliphatic heterocycles. The minimum Gasteiger partial charge on any atom is -0.325 e. The Labute approximate surface area is 111 Å². The van der Waals surface area contributed by atoms with Crippen LogP contribution in [-0.2, 0) is 0 Å². The fourth-order valence-corrected chi connectivity index (χ4v) is 3.03. The van der Waals surface area contributed by atoms with Crippen LogP contribution in [0.5, 0.6) is 0 Å². The third-order valence-electron chi connectivity index (χ3n) is 4.13. The maximum atomic E-state index is 12.4. The van der Waals surface area contributed by atoms with Gasteiger partial charge in [-0.3, -0.25) is 0 Å². The Morgan fingerprint density at radius 3 is 2.11 bits per heavy atom. The number of hydrogen-bond acceptors (Lipinski definition) is 2. The largest absolute Gasteiger partial charge is 0.325 e. The van der Waals surface area contributed by atoms with Crippen molar-refractivity contribution in [1.82, 2.24) is 15.1 Å². The molecule has 2 heterocycles. The Hall–Kier alpha value is -0.770. The Balaban J connectivity index is 1.79. The second-order valence-corrected chi connectivity index (χ2v) is 5.50. The van der Waals surface area contributed by atoms with E-state index in [1.54, 1.807) is 0 Å². The molecule has 2 saturated heterocycles. The summed E-state index contributed by atoms with van der Waals surface area (Å²) in [5, 5.41) is 3.48. The maximum Gasteiger partial charge on any atom is 0.319 e. The molecular formula is C14H27N3O. The van der Waals surface area contributed by atoms with Gasteiger partial charge in [0.1, 0.15) is 0 Å². The van der Waals surface area contributed by atoms with Gasteiger partial charge in [-0.05, 0) is 32.2 Å². The molecule has 18 heavy (non-hydrogen) atoms. The van der Waals surface area contributed by atoms with Crippen LogP contribution in [-0.4, -0.2) is 54.6 Å². The van der Waals surface area contributed by atoms with E-state index in [2.05, 4.69) is 22.0 Å². The predicted molar refractivity (Wildman–Crippen MR) is 73.7 cm³/mol. The number of urea groups is 1. The van der Waals surface area contributed by atoms with Crippen molar-refractivity contribution in [3.63, 3.8) is 0 Å². The fourth-order valence-electron chi connectivity index (χ4n) is 3.03. The van der Waals surface area contributed by atoms with Crippen molar-refractivity contribution >= 4 is 6.03 Å². The van der Waals surface area contributed by atoms with Crippen LogP contribution < -0.4 is 5.32 Å². The van der Waals surface area contributed by atoms with Gasteiger partial charge >= 0.3 is 6.03 Å². The lowest BCUT2D eigenvalue weighted by molar-refractivity contribution is 0.138. The summed E-state index contributed by atoms with van der Waals surface area (Å²) in [5.74, 6) is 0. The van der Waals surface area contributed by atoms with Crippen LogP contribution in [0.15, 0.2) is 0 Å². The van der Waals surface area contributed by atoms with E-state index in [9.17, 15) is 4.79 Å². The first-order chi connectivity index (χ1) is 8.81. The van der Waals surface area contributed by atoms with Gasteiger partial charge in [-0.15, -0.1) is 0 Å². The van der Waals surface area contributed by atoms with Gasteiger partial charge < -0.3 is 15.1 Å². The normalized spacial score (nSPS) is 22.9. The molecule has 104 valence electrons. The molecule has 0 unspecified atom stereocenters. The Morgan fingerprint density at radius 2 is 1.56 bits per heavy atom. The zero-order valence-corrected chi connectivity index (χ0v) is 11.7. The Bertz CT molecular complexity index is 254. The average molecular weight is 253 g/mol. The van der Waals surface area contributed by atoms with Crippen molar-refractivity contribution in [2.75, 3.05) is 32.7 Å². The molecule has 0 aliphatic carbocycles. The van der Waals surface area contributed by atoms with Crippen molar-refractivity contribution < 1.29 is 4.79 Å². The SMILES string of the molecule is CCNC1CCN(C(=O)N2CCCCCC2)CC1. The Kier molecular flexibility index (Phi) is 5.29. The van der Waals surface area contributed by atoms with Crippen molar-refractivity contribution in [2.24, 2.45) is 0 Å². The summed E-state index contributed by atoms with van der Waals surface area (Å²) in [6.45, 7) is 6.96. The molecule has 0 radical (unpaired) electrons. The molecule has 4 nitrogen and oxygen atoms in total. The molecule has 0 atom stereocenters. The molecule has 2 fully saturated rings. The molecule has 0 bridgehead atoms. The maximum absolute atomic E-state index is 12.4. The lowest BCUT2D eigenvalue weighted by atomic mass is 10.1. The molecule has 1 N–H and O–H groups in total. The number of rotatable bonds is 2. The van der Waals surface area contributed by atoms with E-state index in [1.807, 2.05) is 0 Å². The average Bonchev–Trinajstić information content (AvgIpc) is 2.68. The van der Waals surface area contributed by atoms with Gasteiger partial charge in [0.05, 0.1) is 0 Å². The first kappa shape index (κ1) is 13.7. The van der Waals surface area contributed by atoms with E-state index in [-0.39, 0.29) is 6.03 Å². The standard InChI is InChI=1S/C14H27N3O/c1-2-15-13-7-11-17(12-8-13)14(18)16-9-5-3-4-6-10-16/h13,15H,2-12H2,1H3. The first-order valence-electron chi connectivity index (χ1n) is 7.58. The molecule has 2 amide bonds. The van der Waals surface area contributed by atoms with Gasteiger partial charge in [-0.1, -0.05) is 19.8 Å². The monoisotopic (exact) mass is 253 g/mol. The summed E-state index contributed by atoms with van der Waals surface area (Å²) >= 11 is 0. The molecule has 0 saturated carbocycles. The molecule has 0 spiro atoms. The quantitative estimate of drug-likeness (QED) is 0.817. The second kappa shape index (κ2) is 6.98. The lowest BCUT2D eigenvalue weighted by Gasteiger charge is -2.35. The summed E-state index contributed by atoms with van der Waals surface area (Å²) in [6.07, 6.45) is 7.14. The zero-order valence-electron chi connectivity index (χ0n) is 11.7. The number of piperidine rings is 1. The van der Waals surface area contributed by atoms with E-state index >= 15 is 0 Å². The second-order valence-electron chi connectivity index (χ2n) is 5.50. The molecule has 2 aliphatic rings. The van der Waals surface area contributed by atoms with Gasteiger partial charge in [0.25, 0.3) is 0 Å². The zero-order chi connectivity index (χ0) is 12.8. The molecular weight excluding hydrogens is 226 g/mol. The van der Waals surface area contributed by atoms with Gasteiger partial charge in [-0.25, -0.2) is 4.79 Å². The van der Waals surface area contributed by atoms with Crippen LogP contribution in [0.4, 0.5) is 4.79 Å². The van der Waals surface area contributed by atoms with E-state index in [4.69, 9.17) is 0 Å². The number of likely N-dealkylation sites (tertiary alicyclic amines) is 2. The van der Waals surface area contributed by atoms with Gasteiger partial charge in [0.15, 0.2) is 0 Å². The van der Waals surface area contributed by atoms with Gasteiger partial charge in [-0.2, -0.15) is 0 Å². The third kappa shape index (κ3) is 3.61. The number of nitrogens with one attached hydrogen (secondary N) is 1. The highest BCUT2D eigenvalue weighted by atomic mass is 16.2. The fraction of sp³-hybridized carbons (Fsp3) is 0.929. The number of nitrogens with zero attached hydrogens (tertiary/aromatic N) is 2. The number of amides is 2. The van der Waals surface area contributed by atoms with E-state index in [0.29, 0.717) is 6.04 Å². The van der Waals surface area contributed by atoms with Crippen LogP contribution >= 0.6 is 0 Å². The Morgan fingerprint density at radius 1 is 1.00 bits per heavy atom. The van der Waals surface area contributed by atoms with Gasteiger partial charge in [0, 0.05) is 32.2 Å². The summed E-state index contributed by atoms with van der Waals surface area (Å²) in [4.78, 5) is 16.5. The summed E-state index contributed by atoms with van der Waals surface area (Å²) in [5.41, 5.74) is 0. The van der Waals surface area contributed by atoms with Crippen LogP contribution in [0, 0.1) is 0 Å². The molecule has 0 aromatic rings. The van der Waals surface area contributed by atoms with Crippen LogP contribution in [0.2, 0.25) is 0 Å². The number of carbonyl (C=O) groups is 1. The highest BCUT2D eigenvalue weighted by molar-refractivity contribution is 5.74. The smallest absolute Gasteiger partial charge is 0.319 e. The molecule has 0 aromatic carbocycles. The highest BCUT2D eigenvalue weighted by Crippen LogP contribution is 2.15. The van der Waals surface area contributed by atoms with Gasteiger partial charge in [0.2, 0.25) is 0 Å². The highest BCUT2D eigenvalue weighted by Gasteiger charge is 2.26.